The van der Waals surface area contributed by atoms with E-state index in [9.17, 15) is 0 Å². The van der Waals surface area contributed by atoms with Crippen LogP contribution in [0.2, 0.25) is 0 Å². The quantitative estimate of drug-likeness (QED) is 0.741. The molecule has 0 fully saturated rings. The molecule has 0 bridgehead atoms. The average molecular weight is 175 g/mol. The maximum atomic E-state index is 8.90. The molecular formula is C11H13NO. The van der Waals surface area contributed by atoms with Gasteiger partial charge in [0.2, 0.25) is 0 Å². The molecule has 68 valence electrons. The first kappa shape index (κ1) is 8.32. The topological polar surface area (TPSA) is 25.2 Å². The van der Waals surface area contributed by atoms with Crippen molar-refractivity contribution in [3.63, 3.8) is 0 Å². The van der Waals surface area contributed by atoms with E-state index in [2.05, 4.69) is 29.7 Å². The smallest absolute Gasteiger partial charge is 0.0610 e. The van der Waals surface area contributed by atoms with E-state index in [4.69, 9.17) is 5.11 Å². The van der Waals surface area contributed by atoms with Crippen molar-refractivity contribution in [1.29, 1.82) is 0 Å². The second kappa shape index (κ2) is 3.23. The van der Waals surface area contributed by atoms with E-state index >= 15 is 0 Å². The zero-order valence-electron chi connectivity index (χ0n) is 7.70. The molecule has 1 N–H and O–H groups in total. The Bertz CT molecular complexity index is 417. The second-order valence-electron chi connectivity index (χ2n) is 3.22. The molecule has 0 radical (unpaired) electrons. The Labute approximate surface area is 77.4 Å². The Balaban J connectivity index is 2.64. The predicted octanol–water partition coefficient (Wildman–Crippen LogP) is 1.94. The van der Waals surface area contributed by atoms with Crippen molar-refractivity contribution in [2.24, 2.45) is 0 Å². The molecule has 0 aliphatic carbocycles. The highest BCUT2D eigenvalue weighted by atomic mass is 16.3. The second-order valence-corrected chi connectivity index (χ2v) is 3.22. The largest absolute Gasteiger partial charge is 0.395 e. The van der Waals surface area contributed by atoms with Crippen LogP contribution in [0, 0.1) is 6.92 Å². The highest BCUT2D eigenvalue weighted by molar-refractivity contribution is 5.81. The molecule has 0 aliphatic heterocycles. The van der Waals surface area contributed by atoms with Crippen LogP contribution in [0.3, 0.4) is 0 Å². The first-order valence-electron chi connectivity index (χ1n) is 4.48. The number of aryl methyl sites for hydroxylation is 1. The van der Waals surface area contributed by atoms with Gasteiger partial charge >= 0.3 is 0 Å². The van der Waals surface area contributed by atoms with Crippen LogP contribution in [0.15, 0.2) is 30.3 Å². The van der Waals surface area contributed by atoms with Gasteiger partial charge in [0.15, 0.2) is 0 Å². The van der Waals surface area contributed by atoms with Crippen molar-refractivity contribution < 1.29 is 5.11 Å². The minimum atomic E-state index is 0.194. The summed E-state index contributed by atoms with van der Waals surface area (Å²) in [5.41, 5.74) is 2.41. The van der Waals surface area contributed by atoms with Gasteiger partial charge in [0.05, 0.1) is 6.61 Å². The average Bonchev–Trinajstić information content (AvgIpc) is 2.44. The van der Waals surface area contributed by atoms with E-state index in [0.29, 0.717) is 6.54 Å². The van der Waals surface area contributed by atoms with Crippen molar-refractivity contribution in [3.05, 3.63) is 36.0 Å². The number of hydrogen-bond donors (Lipinski definition) is 1. The maximum Gasteiger partial charge on any atom is 0.0610 e. The number of aliphatic hydroxyl groups excluding tert-OH is 1. The summed E-state index contributed by atoms with van der Waals surface area (Å²) in [6.45, 7) is 2.94. The Morgan fingerprint density at radius 3 is 2.85 bits per heavy atom. The fourth-order valence-electron chi connectivity index (χ4n) is 1.75. The summed E-state index contributed by atoms with van der Waals surface area (Å²) in [5, 5.41) is 10.1. The van der Waals surface area contributed by atoms with Gasteiger partial charge in [-0.2, -0.15) is 0 Å². The van der Waals surface area contributed by atoms with Gasteiger partial charge in [0.25, 0.3) is 0 Å². The third-order valence-electron chi connectivity index (χ3n) is 2.34. The molecule has 2 nitrogen and oxygen atoms in total. The summed E-state index contributed by atoms with van der Waals surface area (Å²) in [6, 6.07) is 10.4. The lowest BCUT2D eigenvalue weighted by atomic mass is 10.2. The van der Waals surface area contributed by atoms with E-state index in [1.54, 1.807) is 0 Å². The molecule has 1 aromatic heterocycles. The summed E-state index contributed by atoms with van der Waals surface area (Å²) in [5.74, 6) is 0. The summed E-state index contributed by atoms with van der Waals surface area (Å²) < 4.78 is 2.13. The normalized spacial score (nSPS) is 10.9. The number of hydrogen-bond acceptors (Lipinski definition) is 1. The number of nitrogens with zero attached hydrogens (tertiary/aromatic N) is 1. The highest BCUT2D eigenvalue weighted by Gasteiger charge is 2.02. The van der Waals surface area contributed by atoms with Gasteiger partial charge in [-0.1, -0.05) is 18.2 Å². The lowest BCUT2D eigenvalue weighted by Crippen LogP contribution is -2.02. The summed E-state index contributed by atoms with van der Waals surface area (Å²) in [6.07, 6.45) is 0. The molecule has 2 heteroatoms. The molecule has 1 heterocycles. The SMILES string of the molecule is Cc1cc2ccccc2n1CCO. The third-order valence-corrected chi connectivity index (χ3v) is 2.34. The van der Waals surface area contributed by atoms with Crippen LogP contribution in [0.1, 0.15) is 5.69 Å². The molecule has 0 amide bonds. The molecule has 0 aliphatic rings. The number of aliphatic hydroxyl groups is 1. The summed E-state index contributed by atoms with van der Waals surface area (Å²) in [7, 11) is 0. The summed E-state index contributed by atoms with van der Waals surface area (Å²) >= 11 is 0. The van der Waals surface area contributed by atoms with Gasteiger partial charge in [0.1, 0.15) is 0 Å². The zero-order chi connectivity index (χ0) is 9.26. The van der Waals surface area contributed by atoms with Crippen molar-refractivity contribution in [3.8, 4) is 0 Å². The molecule has 0 saturated heterocycles. The van der Waals surface area contributed by atoms with Crippen LogP contribution >= 0.6 is 0 Å². The van der Waals surface area contributed by atoms with Crippen molar-refractivity contribution in [2.45, 2.75) is 13.5 Å². The molecule has 0 unspecified atom stereocenters. The maximum absolute atomic E-state index is 8.90. The molecule has 1 aromatic carbocycles. The van der Waals surface area contributed by atoms with Gasteiger partial charge in [-0.3, -0.25) is 0 Å². The first-order chi connectivity index (χ1) is 6.33. The monoisotopic (exact) mass is 175 g/mol. The van der Waals surface area contributed by atoms with E-state index in [-0.39, 0.29) is 6.61 Å². The van der Waals surface area contributed by atoms with Crippen LogP contribution < -0.4 is 0 Å². The standard InChI is InChI=1S/C11H13NO/c1-9-8-10-4-2-3-5-11(10)12(9)6-7-13/h2-5,8,13H,6-7H2,1H3. The fourth-order valence-corrected chi connectivity index (χ4v) is 1.75. The van der Waals surface area contributed by atoms with Crippen molar-refractivity contribution >= 4 is 10.9 Å². The minimum Gasteiger partial charge on any atom is -0.395 e. The van der Waals surface area contributed by atoms with Crippen LogP contribution in [0.5, 0.6) is 0 Å². The van der Waals surface area contributed by atoms with Gasteiger partial charge in [-0.25, -0.2) is 0 Å². The highest BCUT2D eigenvalue weighted by Crippen LogP contribution is 2.18. The first-order valence-corrected chi connectivity index (χ1v) is 4.48. The molecular weight excluding hydrogens is 162 g/mol. The van der Waals surface area contributed by atoms with Crippen molar-refractivity contribution in [1.82, 2.24) is 4.57 Å². The van der Waals surface area contributed by atoms with E-state index in [0.717, 1.165) is 0 Å². The van der Waals surface area contributed by atoms with Crippen molar-refractivity contribution in [2.75, 3.05) is 6.61 Å². The van der Waals surface area contributed by atoms with E-state index in [1.165, 1.54) is 16.6 Å². The number of benzene rings is 1. The zero-order valence-corrected chi connectivity index (χ0v) is 7.70. The molecule has 13 heavy (non-hydrogen) atoms. The third kappa shape index (κ3) is 1.33. The lowest BCUT2D eigenvalue weighted by Gasteiger charge is -2.04. The van der Waals surface area contributed by atoms with Crippen LogP contribution in [0.4, 0.5) is 0 Å². The predicted molar refractivity (Wildman–Crippen MR) is 53.8 cm³/mol. The van der Waals surface area contributed by atoms with Gasteiger partial charge in [-0.05, 0) is 24.4 Å². The number of para-hydroxylation sites is 1. The minimum absolute atomic E-state index is 0.194. The number of aromatic nitrogens is 1. The number of rotatable bonds is 2. The fraction of sp³-hybridized carbons (Fsp3) is 0.273. The Hall–Kier alpha value is -1.28. The molecule has 0 atom stereocenters. The van der Waals surface area contributed by atoms with Gasteiger partial charge in [0, 0.05) is 17.8 Å². The van der Waals surface area contributed by atoms with E-state index in [1.807, 2.05) is 12.1 Å². The molecule has 0 spiro atoms. The molecule has 0 saturated carbocycles. The lowest BCUT2D eigenvalue weighted by molar-refractivity contribution is 0.277. The van der Waals surface area contributed by atoms with Gasteiger partial charge in [-0.15, -0.1) is 0 Å². The Morgan fingerprint density at radius 1 is 1.31 bits per heavy atom. The van der Waals surface area contributed by atoms with Crippen LogP contribution in [0.25, 0.3) is 10.9 Å². The van der Waals surface area contributed by atoms with Crippen LogP contribution in [-0.2, 0) is 6.54 Å². The molecule has 2 rings (SSSR count). The van der Waals surface area contributed by atoms with Crippen LogP contribution in [-0.4, -0.2) is 16.3 Å². The number of fused-ring (bicyclic) bond motifs is 1. The molecule has 2 aromatic rings. The Morgan fingerprint density at radius 2 is 2.08 bits per heavy atom. The van der Waals surface area contributed by atoms with Gasteiger partial charge < -0.3 is 9.67 Å². The summed E-state index contributed by atoms with van der Waals surface area (Å²) in [4.78, 5) is 0. The van der Waals surface area contributed by atoms with E-state index < -0.39 is 0 Å². The Kier molecular flexibility index (Phi) is 2.07.